The number of rotatable bonds is 2. The van der Waals surface area contributed by atoms with Gasteiger partial charge < -0.3 is 16.4 Å². The van der Waals surface area contributed by atoms with E-state index in [1.807, 2.05) is 0 Å². The van der Waals surface area contributed by atoms with E-state index in [-0.39, 0.29) is 44.4 Å². The molecule has 0 saturated heterocycles. The number of aryl methyl sites for hydroxylation is 1. The van der Waals surface area contributed by atoms with Crippen molar-refractivity contribution in [3.05, 3.63) is 30.4 Å². The summed E-state index contributed by atoms with van der Waals surface area (Å²) in [5.41, 5.74) is 1.06. The fourth-order valence-electron chi connectivity index (χ4n) is 2.08. The van der Waals surface area contributed by atoms with E-state index in [1.165, 1.54) is 0 Å². The summed E-state index contributed by atoms with van der Waals surface area (Å²) in [5, 5.41) is 0. The maximum absolute atomic E-state index is 12.1. The van der Waals surface area contributed by atoms with E-state index < -0.39 is 0 Å². The molecule has 1 aromatic heterocycles. The summed E-state index contributed by atoms with van der Waals surface area (Å²) in [4.78, 5) is 25.7. The molecule has 0 unspecified atom stereocenters. The SMILES string of the molecule is [CH2-]CCN1CCC(=O)c2c(ccn2C)C1=O.[Y]. The van der Waals surface area contributed by atoms with Crippen LogP contribution in [0.25, 0.3) is 0 Å². The Hall–Kier alpha value is -0.476. The Morgan fingerprint density at radius 2 is 2.12 bits per heavy atom. The van der Waals surface area contributed by atoms with Gasteiger partial charge in [0.1, 0.15) is 0 Å². The Morgan fingerprint density at radius 1 is 1.41 bits per heavy atom. The molecule has 0 atom stereocenters. The Labute approximate surface area is 126 Å². The maximum Gasteiger partial charge on any atom is 0.256 e. The molecule has 1 amide bonds. The molecule has 0 fully saturated rings. The number of hydrogen-bond acceptors (Lipinski definition) is 2. The first kappa shape index (κ1) is 14.6. The molecule has 0 saturated carbocycles. The van der Waals surface area contributed by atoms with E-state index in [1.54, 1.807) is 28.8 Å². The van der Waals surface area contributed by atoms with Crippen LogP contribution in [0.5, 0.6) is 0 Å². The van der Waals surface area contributed by atoms with Crippen molar-refractivity contribution in [3.63, 3.8) is 0 Å². The van der Waals surface area contributed by atoms with Crippen molar-refractivity contribution < 1.29 is 42.3 Å². The molecule has 2 rings (SSSR count). The first-order valence-electron chi connectivity index (χ1n) is 5.42. The summed E-state index contributed by atoms with van der Waals surface area (Å²) < 4.78 is 1.73. The molecule has 4 nitrogen and oxygen atoms in total. The molecule has 1 radical (unpaired) electrons. The summed E-state index contributed by atoms with van der Waals surface area (Å²) >= 11 is 0. The molecule has 1 aromatic rings. The van der Waals surface area contributed by atoms with Crippen LogP contribution in [0.4, 0.5) is 0 Å². The van der Waals surface area contributed by atoms with Crippen molar-refractivity contribution >= 4 is 11.7 Å². The second kappa shape index (κ2) is 5.92. The number of ketones is 1. The molecule has 89 valence electrons. The average Bonchev–Trinajstić information content (AvgIpc) is 2.59. The van der Waals surface area contributed by atoms with E-state index in [0.717, 1.165) is 0 Å². The van der Waals surface area contributed by atoms with Gasteiger partial charge in [0.25, 0.3) is 5.91 Å². The molecule has 5 heteroatoms. The molecule has 0 aliphatic carbocycles. The van der Waals surface area contributed by atoms with E-state index >= 15 is 0 Å². The molecule has 0 bridgehead atoms. The summed E-state index contributed by atoms with van der Waals surface area (Å²) in [6.07, 6.45) is 2.83. The third kappa shape index (κ3) is 2.68. The van der Waals surface area contributed by atoms with E-state index in [4.69, 9.17) is 0 Å². The van der Waals surface area contributed by atoms with Gasteiger partial charge in [0, 0.05) is 58.9 Å². The zero-order valence-electron chi connectivity index (χ0n) is 9.98. The van der Waals surface area contributed by atoms with Gasteiger partial charge in [-0.2, -0.15) is 6.42 Å². The van der Waals surface area contributed by atoms with Crippen molar-refractivity contribution in [1.29, 1.82) is 0 Å². The van der Waals surface area contributed by atoms with Crippen molar-refractivity contribution in [1.82, 2.24) is 9.47 Å². The minimum absolute atomic E-state index is 0. The molecule has 2 heterocycles. The Balaban J connectivity index is 0.00000144. The largest absolute Gasteiger partial charge is 0.348 e. The van der Waals surface area contributed by atoms with Crippen molar-refractivity contribution in [2.45, 2.75) is 12.8 Å². The van der Waals surface area contributed by atoms with Crippen LogP contribution in [-0.2, 0) is 39.8 Å². The predicted octanol–water partition coefficient (Wildman–Crippen LogP) is 1.28. The number of nitrogens with zero attached hydrogens (tertiary/aromatic N) is 2. The number of fused-ring (bicyclic) bond motifs is 1. The Bertz CT molecular complexity index is 440. The molecular weight excluding hydrogens is 293 g/mol. The van der Waals surface area contributed by atoms with Crippen molar-refractivity contribution in [2.24, 2.45) is 7.05 Å². The van der Waals surface area contributed by atoms with Crippen LogP contribution in [-0.4, -0.2) is 34.2 Å². The smallest absolute Gasteiger partial charge is 0.256 e. The minimum Gasteiger partial charge on any atom is -0.348 e. The predicted molar refractivity (Wildman–Crippen MR) is 60.2 cm³/mol. The van der Waals surface area contributed by atoms with Gasteiger partial charge in [0.15, 0.2) is 5.78 Å². The molecular formula is C12H15N2O2Y-. The molecule has 1 aliphatic heterocycles. The standard InChI is InChI=1S/C12H15N2O2.Y/c1-3-6-14-8-5-10(15)11-9(12(14)16)4-7-13(11)2;/h4,7H,1,3,5-6,8H2,2H3;/q-1;. The first-order valence-corrected chi connectivity index (χ1v) is 5.42. The van der Waals surface area contributed by atoms with Crippen LogP contribution in [0.3, 0.4) is 0 Å². The summed E-state index contributed by atoms with van der Waals surface area (Å²) in [6, 6.07) is 1.72. The van der Waals surface area contributed by atoms with Crippen LogP contribution in [0.15, 0.2) is 12.3 Å². The number of amides is 1. The topological polar surface area (TPSA) is 42.3 Å². The molecule has 1 aliphatic rings. The van der Waals surface area contributed by atoms with Gasteiger partial charge in [-0.05, 0) is 12.6 Å². The zero-order valence-corrected chi connectivity index (χ0v) is 12.8. The van der Waals surface area contributed by atoms with Crippen LogP contribution in [0.2, 0.25) is 0 Å². The quantitative estimate of drug-likeness (QED) is 0.772. The molecule has 0 N–H and O–H groups in total. The number of carbonyl (C=O) groups is 2. The fraction of sp³-hybridized carbons (Fsp3) is 0.417. The van der Waals surface area contributed by atoms with Gasteiger partial charge >= 0.3 is 0 Å². The summed E-state index contributed by atoms with van der Waals surface area (Å²) in [6.45, 7) is 4.85. The number of aromatic nitrogens is 1. The number of hydrogen-bond donors (Lipinski definition) is 0. The second-order valence-corrected chi connectivity index (χ2v) is 4.01. The number of Topliss-reactive ketones (excluding diaryl/α,β-unsaturated/α-hetero) is 1. The van der Waals surface area contributed by atoms with Crippen molar-refractivity contribution in [3.8, 4) is 0 Å². The van der Waals surface area contributed by atoms with Crippen LogP contribution in [0.1, 0.15) is 33.7 Å². The summed E-state index contributed by atoms with van der Waals surface area (Å²) in [5.74, 6) is -0.00693. The fourth-order valence-corrected chi connectivity index (χ4v) is 2.08. The summed E-state index contributed by atoms with van der Waals surface area (Å²) in [7, 11) is 1.79. The zero-order chi connectivity index (χ0) is 11.7. The molecule has 0 aromatic carbocycles. The maximum atomic E-state index is 12.1. The van der Waals surface area contributed by atoms with Crippen LogP contribution < -0.4 is 0 Å². The van der Waals surface area contributed by atoms with Crippen LogP contribution >= 0.6 is 0 Å². The third-order valence-corrected chi connectivity index (χ3v) is 2.89. The average molecular weight is 308 g/mol. The van der Waals surface area contributed by atoms with E-state index in [2.05, 4.69) is 6.92 Å². The van der Waals surface area contributed by atoms with Crippen molar-refractivity contribution in [2.75, 3.05) is 13.1 Å². The van der Waals surface area contributed by atoms with Gasteiger partial charge in [-0.1, -0.05) is 0 Å². The van der Waals surface area contributed by atoms with Gasteiger partial charge in [-0.25, -0.2) is 0 Å². The first-order chi connectivity index (χ1) is 7.65. The van der Waals surface area contributed by atoms with Gasteiger partial charge in [0.05, 0.1) is 11.3 Å². The normalized spacial score (nSPS) is 15.3. The van der Waals surface area contributed by atoms with Gasteiger partial charge in [-0.3, -0.25) is 9.59 Å². The molecule has 17 heavy (non-hydrogen) atoms. The number of carbonyl (C=O) groups excluding carboxylic acids is 2. The molecule has 0 spiro atoms. The third-order valence-electron chi connectivity index (χ3n) is 2.89. The van der Waals surface area contributed by atoms with Crippen LogP contribution in [0, 0.1) is 6.92 Å². The van der Waals surface area contributed by atoms with E-state index in [0.29, 0.717) is 37.2 Å². The minimum atomic E-state index is -0.0508. The van der Waals surface area contributed by atoms with Gasteiger partial charge in [-0.15, -0.1) is 0 Å². The Kier molecular flexibility index (Phi) is 5.08. The Morgan fingerprint density at radius 3 is 2.76 bits per heavy atom. The van der Waals surface area contributed by atoms with E-state index in [9.17, 15) is 9.59 Å². The van der Waals surface area contributed by atoms with Gasteiger partial charge in [0.2, 0.25) is 0 Å². The second-order valence-electron chi connectivity index (χ2n) is 4.01. The monoisotopic (exact) mass is 308 g/mol.